The molecule has 1 rings (SSSR count). The minimum Gasteiger partial charge on any atom is -0.479 e. The summed E-state index contributed by atoms with van der Waals surface area (Å²) < 4.78 is 0. The molecule has 1 N–H and O–H groups in total. The Bertz CT molecular complexity index is 516. The molecule has 1 aromatic rings. The molecule has 0 aliphatic rings. The highest BCUT2D eigenvalue weighted by Gasteiger charge is 2.44. The van der Waals surface area contributed by atoms with Gasteiger partial charge >= 0.3 is 5.97 Å². The lowest BCUT2D eigenvalue weighted by Gasteiger charge is -2.41. The Morgan fingerprint density at radius 2 is 1.60 bits per heavy atom. The van der Waals surface area contributed by atoms with Crippen LogP contribution in [0.4, 0.5) is 0 Å². The van der Waals surface area contributed by atoms with Crippen LogP contribution in [0.2, 0.25) is 0 Å². The zero-order valence-electron chi connectivity index (χ0n) is 13.0. The van der Waals surface area contributed by atoms with Gasteiger partial charge in [-0.1, -0.05) is 29.3 Å². The van der Waals surface area contributed by atoms with Gasteiger partial charge in [0.25, 0.3) is 0 Å². The Morgan fingerprint density at radius 3 is 1.90 bits per heavy atom. The Balaban J connectivity index is 3.55. The number of nitrogens with zero attached hydrogens (tertiary/aromatic N) is 1. The van der Waals surface area contributed by atoms with Gasteiger partial charge in [0.2, 0.25) is 5.91 Å². The van der Waals surface area contributed by atoms with E-state index in [1.165, 1.54) is 11.8 Å². The van der Waals surface area contributed by atoms with Crippen LogP contribution in [0.25, 0.3) is 0 Å². The van der Waals surface area contributed by atoms with Crippen LogP contribution in [0.15, 0.2) is 18.2 Å². The minimum absolute atomic E-state index is 0.200. The number of aliphatic carboxylic acids is 1. The first-order valence-corrected chi connectivity index (χ1v) is 6.72. The van der Waals surface area contributed by atoms with Gasteiger partial charge < -0.3 is 10.0 Å². The fraction of sp³-hybridized carbons (Fsp3) is 0.500. The number of carboxylic acids is 1. The van der Waals surface area contributed by atoms with Crippen LogP contribution in [0, 0.1) is 13.8 Å². The fourth-order valence-corrected chi connectivity index (χ4v) is 2.82. The summed E-state index contributed by atoms with van der Waals surface area (Å²) in [6.07, 6.45) is 0. The van der Waals surface area contributed by atoms with Gasteiger partial charge in [-0.05, 0) is 40.2 Å². The number of hydrogen-bond acceptors (Lipinski definition) is 2. The summed E-state index contributed by atoms with van der Waals surface area (Å²) in [5.41, 5.74) is 1.24. The second kappa shape index (κ2) is 5.65. The van der Waals surface area contributed by atoms with E-state index in [9.17, 15) is 14.7 Å². The molecular weight excluding hydrogens is 254 g/mol. The van der Waals surface area contributed by atoms with Crippen molar-refractivity contribution >= 4 is 11.9 Å². The smallest absolute Gasteiger partial charge is 0.334 e. The van der Waals surface area contributed by atoms with Crippen molar-refractivity contribution in [2.75, 3.05) is 0 Å². The Morgan fingerprint density at radius 1 is 1.15 bits per heavy atom. The summed E-state index contributed by atoms with van der Waals surface area (Å²) >= 11 is 0. The van der Waals surface area contributed by atoms with Gasteiger partial charge in [0.1, 0.15) is 0 Å². The number of aryl methyl sites for hydroxylation is 2. The predicted molar refractivity (Wildman–Crippen MR) is 78.6 cm³/mol. The van der Waals surface area contributed by atoms with Gasteiger partial charge in [0.05, 0.1) is 0 Å². The summed E-state index contributed by atoms with van der Waals surface area (Å²) in [6.45, 7) is 10.5. The molecule has 0 spiro atoms. The van der Waals surface area contributed by atoms with Gasteiger partial charge in [0, 0.05) is 13.0 Å². The molecule has 4 heteroatoms. The molecule has 0 bridgehead atoms. The largest absolute Gasteiger partial charge is 0.479 e. The maximum Gasteiger partial charge on any atom is 0.334 e. The lowest BCUT2D eigenvalue weighted by atomic mass is 9.86. The number of hydrogen-bond donors (Lipinski definition) is 1. The molecule has 0 saturated carbocycles. The van der Waals surface area contributed by atoms with Crippen molar-refractivity contribution in [2.24, 2.45) is 0 Å². The minimum atomic E-state index is -1.36. The highest BCUT2D eigenvalue weighted by atomic mass is 16.4. The number of carbonyl (C=O) groups is 2. The summed E-state index contributed by atoms with van der Waals surface area (Å²) in [5.74, 6) is -1.27. The van der Waals surface area contributed by atoms with Gasteiger partial charge in [-0.2, -0.15) is 0 Å². The van der Waals surface area contributed by atoms with E-state index in [4.69, 9.17) is 0 Å². The maximum absolute atomic E-state index is 11.9. The van der Waals surface area contributed by atoms with Crippen LogP contribution in [0.1, 0.15) is 44.4 Å². The SMILES string of the molecule is CC(=O)N(C(C)C)C(C)(C(=O)O)c1cc(C)cc(C)c1. The first-order chi connectivity index (χ1) is 9.10. The van der Waals surface area contributed by atoms with Crippen molar-refractivity contribution in [3.05, 3.63) is 34.9 Å². The fourth-order valence-electron chi connectivity index (χ4n) is 2.82. The molecule has 0 aromatic heterocycles. The van der Waals surface area contributed by atoms with E-state index in [1.807, 2.05) is 45.9 Å². The molecular formula is C16H23NO3. The molecule has 110 valence electrons. The molecule has 1 atom stereocenters. The molecule has 0 heterocycles. The van der Waals surface area contributed by atoms with Crippen molar-refractivity contribution in [1.82, 2.24) is 4.90 Å². The van der Waals surface area contributed by atoms with Crippen LogP contribution in [0.3, 0.4) is 0 Å². The molecule has 4 nitrogen and oxygen atoms in total. The second-order valence-electron chi connectivity index (χ2n) is 5.74. The predicted octanol–water partition coefficient (Wildman–Crippen LogP) is 2.86. The van der Waals surface area contributed by atoms with Gasteiger partial charge in [-0.15, -0.1) is 0 Å². The maximum atomic E-state index is 11.9. The number of amides is 1. The number of carbonyl (C=O) groups excluding carboxylic acids is 1. The lowest BCUT2D eigenvalue weighted by molar-refractivity contribution is -0.160. The average molecular weight is 277 g/mol. The molecule has 1 aromatic carbocycles. The van der Waals surface area contributed by atoms with Crippen LogP contribution in [-0.2, 0) is 15.1 Å². The van der Waals surface area contributed by atoms with E-state index >= 15 is 0 Å². The molecule has 0 aliphatic heterocycles. The molecule has 1 amide bonds. The van der Waals surface area contributed by atoms with Crippen molar-refractivity contribution in [3.63, 3.8) is 0 Å². The average Bonchev–Trinajstić information content (AvgIpc) is 2.25. The molecule has 20 heavy (non-hydrogen) atoms. The van der Waals surface area contributed by atoms with Crippen molar-refractivity contribution in [2.45, 2.75) is 53.1 Å². The molecule has 0 aliphatic carbocycles. The van der Waals surface area contributed by atoms with Crippen LogP contribution < -0.4 is 0 Å². The van der Waals surface area contributed by atoms with Gasteiger partial charge in [0.15, 0.2) is 5.54 Å². The molecule has 0 saturated heterocycles. The zero-order chi connectivity index (χ0) is 15.7. The topological polar surface area (TPSA) is 57.6 Å². The summed E-state index contributed by atoms with van der Waals surface area (Å²) in [6, 6.07) is 5.45. The van der Waals surface area contributed by atoms with Gasteiger partial charge in [-0.25, -0.2) is 4.79 Å². The third-order valence-corrected chi connectivity index (χ3v) is 3.54. The third kappa shape index (κ3) is 2.84. The van der Waals surface area contributed by atoms with Crippen molar-refractivity contribution < 1.29 is 14.7 Å². The van der Waals surface area contributed by atoms with Crippen LogP contribution in [-0.4, -0.2) is 27.9 Å². The number of carboxylic acid groups (broad SMARTS) is 1. The van der Waals surface area contributed by atoms with E-state index in [-0.39, 0.29) is 11.9 Å². The Labute approximate surface area is 120 Å². The first kappa shape index (κ1) is 16.2. The van der Waals surface area contributed by atoms with Crippen molar-refractivity contribution in [1.29, 1.82) is 0 Å². The monoisotopic (exact) mass is 277 g/mol. The number of rotatable bonds is 4. The molecule has 0 fully saturated rings. The first-order valence-electron chi connectivity index (χ1n) is 6.72. The summed E-state index contributed by atoms with van der Waals surface area (Å²) in [4.78, 5) is 25.3. The standard InChI is InChI=1S/C16H23NO3/c1-10(2)17(13(5)18)16(6,15(19)20)14-8-11(3)7-12(4)9-14/h7-10H,1-6H3,(H,19,20). The Kier molecular flexibility index (Phi) is 4.58. The van der Waals surface area contributed by atoms with Crippen molar-refractivity contribution in [3.8, 4) is 0 Å². The van der Waals surface area contributed by atoms with E-state index in [0.717, 1.165) is 11.1 Å². The second-order valence-corrected chi connectivity index (χ2v) is 5.74. The van der Waals surface area contributed by atoms with Gasteiger partial charge in [-0.3, -0.25) is 4.79 Å². The Hall–Kier alpha value is -1.84. The normalized spacial score (nSPS) is 13.9. The van der Waals surface area contributed by atoms with E-state index in [1.54, 1.807) is 6.92 Å². The van der Waals surface area contributed by atoms with Crippen LogP contribution in [0.5, 0.6) is 0 Å². The summed E-state index contributed by atoms with van der Waals surface area (Å²) in [7, 11) is 0. The number of benzene rings is 1. The van der Waals surface area contributed by atoms with E-state index in [0.29, 0.717) is 5.56 Å². The molecule has 1 unspecified atom stereocenters. The highest BCUT2D eigenvalue weighted by molar-refractivity contribution is 5.87. The highest BCUT2D eigenvalue weighted by Crippen LogP contribution is 2.32. The molecule has 0 radical (unpaired) electrons. The quantitative estimate of drug-likeness (QED) is 0.920. The third-order valence-electron chi connectivity index (χ3n) is 3.54. The summed E-state index contributed by atoms with van der Waals surface area (Å²) in [5, 5.41) is 9.74. The van der Waals surface area contributed by atoms with E-state index in [2.05, 4.69) is 0 Å². The zero-order valence-corrected chi connectivity index (χ0v) is 13.0. The van der Waals surface area contributed by atoms with Crippen LogP contribution >= 0.6 is 0 Å². The lowest BCUT2D eigenvalue weighted by Crippen LogP contribution is -2.55. The van der Waals surface area contributed by atoms with E-state index < -0.39 is 11.5 Å².